The molecule has 0 spiro atoms. The van der Waals surface area contributed by atoms with Crippen molar-refractivity contribution in [3.05, 3.63) is 39.8 Å². The van der Waals surface area contributed by atoms with Gasteiger partial charge in [0.2, 0.25) is 0 Å². The van der Waals surface area contributed by atoms with Crippen molar-refractivity contribution in [3.8, 4) is 0 Å². The van der Waals surface area contributed by atoms with Gasteiger partial charge < -0.3 is 10.6 Å². The summed E-state index contributed by atoms with van der Waals surface area (Å²) < 4.78 is 0. The summed E-state index contributed by atoms with van der Waals surface area (Å²) in [5, 5.41) is 2.23. The Labute approximate surface area is 108 Å². The Balaban J connectivity index is 2.34. The first-order valence-corrected chi connectivity index (χ1v) is 6.13. The molecule has 0 aliphatic rings. The number of carbonyl (C=O) groups excluding carboxylic acids is 1. The molecular weight excluding hydrogens is 258 g/mol. The van der Waals surface area contributed by atoms with Crippen molar-refractivity contribution in [2.45, 2.75) is 0 Å². The molecule has 0 saturated heterocycles. The molecular formula is C11H10ClN3OS. The maximum Gasteiger partial charge on any atom is 0.277 e. The van der Waals surface area contributed by atoms with Crippen LogP contribution in [0.4, 0.5) is 11.4 Å². The van der Waals surface area contributed by atoms with Crippen LogP contribution >= 0.6 is 22.9 Å². The minimum atomic E-state index is -0.208. The second-order valence-corrected chi connectivity index (χ2v) is 4.60. The first-order valence-electron chi connectivity index (χ1n) is 4.81. The van der Waals surface area contributed by atoms with Crippen molar-refractivity contribution in [1.29, 1.82) is 0 Å². The van der Waals surface area contributed by atoms with E-state index in [2.05, 4.69) is 4.98 Å². The highest BCUT2D eigenvalue weighted by Gasteiger charge is 2.17. The second-order valence-electron chi connectivity index (χ2n) is 3.44. The van der Waals surface area contributed by atoms with Crippen molar-refractivity contribution in [2.24, 2.45) is 0 Å². The van der Waals surface area contributed by atoms with Crippen LogP contribution in [0.3, 0.4) is 0 Å². The van der Waals surface area contributed by atoms with Crippen LogP contribution in [0.15, 0.2) is 29.1 Å². The molecule has 2 aromatic rings. The third kappa shape index (κ3) is 2.40. The molecule has 1 aromatic heterocycles. The summed E-state index contributed by atoms with van der Waals surface area (Å²) >= 11 is 7.26. The Bertz CT molecular complexity index is 542. The van der Waals surface area contributed by atoms with E-state index in [1.54, 1.807) is 36.1 Å². The van der Waals surface area contributed by atoms with Crippen molar-refractivity contribution < 1.29 is 4.79 Å². The van der Waals surface area contributed by atoms with Crippen LogP contribution in [-0.2, 0) is 0 Å². The van der Waals surface area contributed by atoms with E-state index in [4.69, 9.17) is 17.3 Å². The summed E-state index contributed by atoms with van der Waals surface area (Å²) in [5.74, 6) is -0.208. The molecule has 0 unspecified atom stereocenters. The number of benzene rings is 1. The van der Waals surface area contributed by atoms with Gasteiger partial charge in [-0.2, -0.15) is 0 Å². The molecule has 0 bridgehead atoms. The van der Waals surface area contributed by atoms with E-state index in [1.807, 2.05) is 0 Å². The van der Waals surface area contributed by atoms with E-state index < -0.39 is 0 Å². The lowest BCUT2D eigenvalue weighted by Crippen LogP contribution is -2.27. The van der Waals surface area contributed by atoms with Gasteiger partial charge in [0.25, 0.3) is 5.91 Å². The van der Waals surface area contributed by atoms with Crippen molar-refractivity contribution in [3.63, 3.8) is 0 Å². The van der Waals surface area contributed by atoms with Gasteiger partial charge in [-0.1, -0.05) is 11.6 Å². The molecule has 2 N–H and O–H groups in total. The van der Waals surface area contributed by atoms with E-state index in [1.165, 1.54) is 16.2 Å². The minimum Gasteiger partial charge on any atom is -0.397 e. The molecule has 88 valence electrons. The zero-order valence-electron chi connectivity index (χ0n) is 9.05. The van der Waals surface area contributed by atoms with Crippen LogP contribution in [0, 0.1) is 0 Å². The molecule has 1 heterocycles. The smallest absolute Gasteiger partial charge is 0.277 e. The van der Waals surface area contributed by atoms with Crippen LogP contribution in [0.25, 0.3) is 0 Å². The van der Waals surface area contributed by atoms with Gasteiger partial charge in [-0.3, -0.25) is 4.79 Å². The number of amides is 1. The fourth-order valence-electron chi connectivity index (χ4n) is 1.41. The number of carbonyl (C=O) groups is 1. The van der Waals surface area contributed by atoms with E-state index in [9.17, 15) is 4.79 Å². The lowest BCUT2D eigenvalue weighted by molar-refractivity contribution is 0.0989. The van der Waals surface area contributed by atoms with Gasteiger partial charge in [-0.15, -0.1) is 11.3 Å². The molecule has 6 heteroatoms. The quantitative estimate of drug-likeness (QED) is 0.851. The van der Waals surface area contributed by atoms with Gasteiger partial charge in [-0.05, 0) is 18.2 Å². The fourth-order valence-corrected chi connectivity index (χ4v) is 2.10. The Morgan fingerprint density at radius 2 is 2.29 bits per heavy atom. The lowest BCUT2D eigenvalue weighted by Gasteiger charge is -2.18. The average Bonchev–Trinajstić information content (AvgIpc) is 2.84. The van der Waals surface area contributed by atoms with Gasteiger partial charge in [0.1, 0.15) is 5.69 Å². The molecule has 17 heavy (non-hydrogen) atoms. The van der Waals surface area contributed by atoms with E-state index in [-0.39, 0.29) is 5.91 Å². The number of anilines is 2. The van der Waals surface area contributed by atoms with Crippen molar-refractivity contribution >= 4 is 40.2 Å². The zero-order chi connectivity index (χ0) is 12.4. The zero-order valence-corrected chi connectivity index (χ0v) is 10.6. The van der Waals surface area contributed by atoms with Crippen molar-refractivity contribution in [1.82, 2.24) is 4.98 Å². The molecule has 0 aliphatic carbocycles. The number of hydrogen-bond donors (Lipinski definition) is 1. The van der Waals surface area contributed by atoms with Crippen LogP contribution in [0.1, 0.15) is 10.5 Å². The van der Waals surface area contributed by atoms with Gasteiger partial charge >= 0.3 is 0 Å². The Hall–Kier alpha value is -1.59. The number of nitrogens with zero attached hydrogens (tertiary/aromatic N) is 2. The van der Waals surface area contributed by atoms with Crippen LogP contribution in [-0.4, -0.2) is 17.9 Å². The summed E-state index contributed by atoms with van der Waals surface area (Å²) in [6.07, 6.45) is 0. The van der Waals surface area contributed by atoms with Gasteiger partial charge in [0, 0.05) is 17.5 Å². The van der Waals surface area contributed by atoms with Gasteiger partial charge in [-0.25, -0.2) is 4.98 Å². The molecule has 1 aromatic carbocycles. The largest absolute Gasteiger partial charge is 0.397 e. The predicted molar refractivity (Wildman–Crippen MR) is 70.7 cm³/mol. The molecule has 2 rings (SSSR count). The molecule has 0 aliphatic heterocycles. The molecule has 1 amide bonds. The fraction of sp³-hybridized carbons (Fsp3) is 0.0909. The highest BCUT2D eigenvalue weighted by atomic mass is 35.5. The summed E-state index contributed by atoms with van der Waals surface area (Å²) in [6.45, 7) is 0. The number of nitrogen functional groups attached to an aromatic ring is 1. The first-order chi connectivity index (χ1) is 8.09. The minimum absolute atomic E-state index is 0.208. The third-order valence-electron chi connectivity index (χ3n) is 2.31. The summed E-state index contributed by atoms with van der Waals surface area (Å²) in [4.78, 5) is 17.5. The topological polar surface area (TPSA) is 59.2 Å². The highest BCUT2D eigenvalue weighted by molar-refractivity contribution is 7.07. The van der Waals surface area contributed by atoms with Gasteiger partial charge in [0.15, 0.2) is 0 Å². The summed E-state index contributed by atoms with van der Waals surface area (Å²) in [6, 6.07) is 5.01. The average molecular weight is 268 g/mol. The number of nitrogens with two attached hydrogens (primary N) is 1. The maximum atomic E-state index is 12.0. The molecule has 0 radical (unpaired) electrons. The number of aromatic nitrogens is 1. The maximum absolute atomic E-state index is 12.0. The Morgan fingerprint density at radius 3 is 2.94 bits per heavy atom. The second kappa shape index (κ2) is 4.73. The number of thiazole rings is 1. The van der Waals surface area contributed by atoms with Crippen LogP contribution in [0.2, 0.25) is 5.02 Å². The number of hydrogen-bond acceptors (Lipinski definition) is 4. The van der Waals surface area contributed by atoms with Crippen molar-refractivity contribution in [2.75, 3.05) is 17.7 Å². The van der Waals surface area contributed by atoms with Crippen LogP contribution in [0.5, 0.6) is 0 Å². The molecule has 0 fully saturated rings. The standard InChI is InChI=1S/C11H10ClN3OS/c1-15(11(16)9-5-17-6-14-9)10-4-7(12)2-3-8(10)13/h2-6H,13H2,1H3. The number of rotatable bonds is 2. The van der Waals surface area contributed by atoms with E-state index in [0.29, 0.717) is 22.1 Å². The molecule has 0 atom stereocenters. The SMILES string of the molecule is CN(C(=O)c1cscn1)c1cc(Cl)ccc1N. The number of halogens is 1. The normalized spacial score (nSPS) is 10.2. The molecule has 4 nitrogen and oxygen atoms in total. The van der Waals surface area contributed by atoms with Crippen LogP contribution < -0.4 is 10.6 Å². The van der Waals surface area contributed by atoms with E-state index in [0.717, 1.165) is 0 Å². The van der Waals surface area contributed by atoms with E-state index >= 15 is 0 Å². The Kier molecular flexibility index (Phi) is 3.31. The first kappa shape index (κ1) is 11.9. The summed E-state index contributed by atoms with van der Waals surface area (Å²) in [5.41, 5.74) is 8.90. The molecule has 0 saturated carbocycles. The third-order valence-corrected chi connectivity index (χ3v) is 3.13. The summed E-state index contributed by atoms with van der Waals surface area (Å²) in [7, 11) is 1.64. The highest BCUT2D eigenvalue weighted by Crippen LogP contribution is 2.27. The van der Waals surface area contributed by atoms with Gasteiger partial charge in [0.05, 0.1) is 16.9 Å². The Morgan fingerprint density at radius 1 is 1.53 bits per heavy atom. The predicted octanol–water partition coefficient (Wildman–Crippen LogP) is 2.66. The monoisotopic (exact) mass is 267 g/mol. The lowest BCUT2D eigenvalue weighted by atomic mass is 10.2.